The number of aromatic nitrogens is 3. The van der Waals surface area contributed by atoms with Gasteiger partial charge in [0.15, 0.2) is 5.82 Å². The number of hydrogen-bond acceptors (Lipinski definition) is 5. The van der Waals surface area contributed by atoms with Crippen molar-refractivity contribution in [3.8, 4) is 0 Å². The van der Waals surface area contributed by atoms with Crippen LogP contribution in [0.3, 0.4) is 0 Å². The summed E-state index contributed by atoms with van der Waals surface area (Å²) in [5.41, 5.74) is 5.46. The number of rotatable bonds is 4. The van der Waals surface area contributed by atoms with Gasteiger partial charge in [0.1, 0.15) is 0 Å². The summed E-state index contributed by atoms with van der Waals surface area (Å²) in [5.74, 6) is 1.08. The molecule has 6 heteroatoms. The molecule has 24 heavy (non-hydrogen) atoms. The maximum Gasteiger partial charge on any atom is 0.249 e. The van der Waals surface area contributed by atoms with E-state index in [0.717, 1.165) is 21.4 Å². The highest BCUT2D eigenvalue weighted by Crippen LogP contribution is 2.26. The number of benzene rings is 2. The Morgan fingerprint density at radius 2 is 1.58 bits per heavy atom. The minimum absolute atomic E-state index is 0.439. The van der Waals surface area contributed by atoms with Crippen LogP contribution in [0.1, 0.15) is 16.7 Å². The third-order valence-corrected chi connectivity index (χ3v) is 4.23. The van der Waals surface area contributed by atoms with Gasteiger partial charge in [-0.15, -0.1) is 5.10 Å². The molecule has 0 spiro atoms. The molecule has 0 atom stereocenters. The number of nitrogens with zero attached hydrogens (tertiary/aromatic N) is 3. The Labute approximate surface area is 149 Å². The zero-order valence-corrected chi connectivity index (χ0v) is 15.3. The van der Waals surface area contributed by atoms with E-state index in [1.54, 1.807) is 6.20 Å². The Morgan fingerprint density at radius 1 is 0.875 bits per heavy atom. The van der Waals surface area contributed by atoms with E-state index >= 15 is 0 Å². The molecule has 3 rings (SSSR count). The molecular formula is C18H18BrN5. The maximum atomic E-state index is 4.47. The fourth-order valence-electron chi connectivity index (χ4n) is 2.35. The molecule has 2 N–H and O–H groups in total. The topological polar surface area (TPSA) is 62.7 Å². The van der Waals surface area contributed by atoms with E-state index in [2.05, 4.69) is 67.7 Å². The normalized spacial score (nSPS) is 10.5. The lowest BCUT2D eigenvalue weighted by atomic mass is 10.1. The Hall–Kier alpha value is -2.47. The molecule has 2 aromatic carbocycles. The standard InChI is InChI=1S/C18H18BrN5/c1-11-4-6-15(13(3)8-11)21-17-10-20-24-18(23-17)22-16-7-5-12(2)9-14(16)19/h4-10H,1-3H3,(H2,21,22,23,24). The first kappa shape index (κ1) is 16.4. The van der Waals surface area contributed by atoms with Gasteiger partial charge in [-0.25, -0.2) is 0 Å². The van der Waals surface area contributed by atoms with Crippen molar-refractivity contribution in [3.05, 3.63) is 63.8 Å². The monoisotopic (exact) mass is 383 g/mol. The first-order valence-corrected chi connectivity index (χ1v) is 8.38. The Morgan fingerprint density at radius 3 is 2.29 bits per heavy atom. The van der Waals surface area contributed by atoms with Gasteiger partial charge < -0.3 is 10.6 Å². The average molecular weight is 384 g/mol. The Balaban J connectivity index is 1.81. The summed E-state index contributed by atoms with van der Waals surface area (Å²) >= 11 is 3.54. The third-order valence-electron chi connectivity index (χ3n) is 3.57. The summed E-state index contributed by atoms with van der Waals surface area (Å²) in [7, 11) is 0. The van der Waals surface area contributed by atoms with Crippen LogP contribution in [0.25, 0.3) is 0 Å². The van der Waals surface area contributed by atoms with Crippen LogP contribution in [0.5, 0.6) is 0 Å². The zero-order valence-electron chi connectivity index (χ0n) is 13.8. The van der Waals surface area contributed by atoms with E-state index in [4.69, 9.17) is 0 Å². The summed E-state index contributed by atoms with van der Waals surface area (Å²) in [4.78, 5) is 4.47. The molecule has 0 fully saturated rings. The molecule has 0 saturated heterocycles. The molecule has 0 aliphatic rings. The number of anilines is 4. The van der Waals surface area contributed by atoms with Crippen molar-refractivity contribution in [2.75, 3.05) is 10.6 Å². The number of aryl methyl sites for hydroxylation is 3. The van der Waals surface area contributed by atoms with E-state index in [1.807, 2.05) is 31.2 Å². The molecule has 1 aromatic heterocycles. The van der Waals surface area contributed by atoms with E-state index in [0.29, 0.717) is 11.8 Å². The van der Waals surface area contributed by atoms with Crippen molar-refractivity contribution in [2.45, 2.75) is 20.8 Å². The van der Waals surface area contributed by atoms with Crippen LogP contribution in [-0.4, -0.2) is 15.2 Å². The zero-order chi connectivity index (χ0) is 17.1. The molecule has 3 aromatic rings. The number of nitrogens with one attached hydrogen (secondary N) is 2. The van der Waals surface area contributed by atoms with E-state index < -0.39 is 0 Å². The SMILES string of the molecule is Cc1ccc(Nc2cnnc(Nc3ccc(C)cc3Br)n2)c(C)c1. The maximum absolute atomic E-state index is 4.47. The largest absolute Gasteiger partial charge is 0.339 e. The molecule has 0 aliphatic heterocycles. The quantitative estimate of drug-likeness (QED) is 0.659. The highest BCUT2D eigenvalue weighted by Gasteiger charge is 2.06. The minimum Gasteiger partial charge on any atom is -0.339 e. The number of halogens is 1. The Kier molecular flexibility index (Phi) is 4.76. The molecule has 1 heterocycles. The summed E-state index contributed by atoms with van der Waals surface area (Å²) in [6.45, 7) is 6.18. The second-order valence-corrected chi connectivity index (χ2v) is 6.57. The van der Waals surface area contributed by atoms with E-state index in [-0.39, 0.29) is 0 Å². The van der Waals surface area contributed by atoms with Crippen molar-refractivity contribution in [1.29, 1.82) is 0 Å². The van der Waals surface area contributed by atoms with Gasteiger partial charge in [0.25, 0.3) is 0 Å². The summed E-state index contributed by atoms with van der Waals surface area (Å²) < 4.78 is 0.957. The van der Waals surface area contributed by atoms with Gasteiger partial charge in [-0.05, 0) is 66.0 Å². The van der Waals surface area contributed by atoms with Crippen LogP contribution in [0, 0.1) is 20.8 Å². The van der Waals surface area contributed by atoms with Gasteiger partial charge >= 0.3 is 0 Å². The highest BCUT2D eigenvalue weighted by atomic mass is 79.9. The first-order chi connectivity index (χ1) is 11.5. The van der Waals surface area contributed by atoms with Crippen LogP contribution in [0.15, 0.2) is 47.1 Å². The van der Waals surface area contributed by atoms with Gasteiger partial charge in [0, 0.05) is 10.2 Å². The van der Waals surface area contributed by atoms with E-state index in [9.17, 15) is 0 Å². The molecule has 0 unspecified atom stereocenters. The lowest BCUT2D eigenvalue weighted by Gasteiger charge is -2.11. The van der Waals surface area contributed by atoms with Crippen molar-refractivity contribution in [3.63, 3.8) is 0 Å². The van der Waals surface area contributed by atoms with Crippen molar-refractivity contribution in [1.82, 2.24) is 15.2 Å². The van der Waals surface area contributed by atoms with Crippen LogP contribution in [0.4, 0.5) is 23.1 Å². The number of hydrogen-bond donors (Lipinski definition) is 2. The first-order valence-electron chi connectivity index (χ1n) is 7.58. The highest BCUT2D eigenvalue weighted by molar-refractivity contribution is 9.10. The second-order valence-electron chi connectivity index (χ2n) is 5.72. The van der Waals surface area contributed by atoms with Crippen LogP contribution in [-0.2, 0) is 0 Å². The average Bonchev–Trinajstić information content (AvgIpc) is 2.53. The molecule has 0 saturated carbocycles. The molecule has 5 nitrogen and oxygen atoms in total. The summed E-state index contributed by atoms with van der Waals surface area (Å²) in [6, 6.07) is 12.3. The molecule has 0 bridgehead atoms. The second kappa shape index (κ2) is 6.97. The van der Waals surface area contributed by atoms with Crippen molar-refractivity contribution >= 4 is 39.1 Å². The van der Waals surface area contributed by atoms with Gasteiger partial charge in [-0.2, -0.15) is 10.1 Å². The lowest BCUT2D eigenvalue weighted by molar-refractivity contribution is 0.981. The Bertz CT molecular complexity index is 810. The lowest BCUT2D eigenvalue weighted by Crippen LogP contribution is -2.03. The third kappa shape index (κ3) is 3.89. The van der Waals surface area contributed by atoms with Gasteiger partial charge in [-0.3, -0.25) is 0 Å². The van der Waals surface area contributed by atoms with Crippen LogP contribution < -0.4 is 10.6 Å². The molecular weight excluding hydrogens is 366 g/mol. The summed E-state index contributed by atoms with van der Waals surface area (Å²) in [6.07, 6.45) is 1.61. The minimum atomic E-state index is 0.439. The smallest absolute Gasteiger partial charge is 0.249 e. The fourth-order valence-corrected chi connectivity index (χ4v) is 2.94. The van der Waals surface area contributed by atoms with Crippen molar-refractivity contribution in [2.24, 2.45) is 0 Å². The fraction of sp³-hybridized carbons (Fsp3) is 0.167. The molecule has 0 radical (unpaired) electrons. The molecule has 122 valence electrons. The van der Waals surface area contributed by atoms with Crippen LogP contribution in [0.2, 0.25) is 0 Å². The molecule has 0 amide bonds. The van der Waals surface area contributed by atoms with Gasteiger partial charge in [0.05, 0.1) is 11.9 Å². The van der Waals surface area contributed by atoms with Crippen molar-refractivity contribution < 1.29 is 0 Å². The van der Waals surface area contributed by atoms with E-state index in [1.165, 1.54) is 11.1 Å². The predicted octanol–water partition coefficient (Wildman–Crippen LogP) is 5.05. The predicted molar refractivity (Wildman–Crippen MR) is 101 cm³/mol. The van der Waals surface area contributed by atoms with Crippen LogP contribution >= 0.6 is 15.9 Å². The summed E-state index contributed by atoms with van der Waals surface area (Å²) in [5, 5.41) is 14.5. The molecule has 0 aliphatic carbocycles. The van der Waals surface area contributed by atoms with Gasteiger partial charge in [-0.1, -0.05) is 23.8 Å². The van der Waals surface area contributed by atoms with Gasteiger partial charge in [0.2, 0.25) is 5.95 Å².